The first-order valence-electron chi connectivity index (χ1n) is 4.30. The first-order valence-corrected chi connectivity index (χ1v) is 5.97. The molecule has 0 spiro atoms. The summed E-state index contributed by atoms with van der Waals surface area (Å²) >= 11 is 4.84. The maximum absolute atomic E-state index is 10.9. The summed E-state index contributed by atoms with van der Waals surface area (Å²) in [7, 11) is 0. The van der Waals surface area contributed by atoms with Gasteiger partial charge >= 0.3 is 0 Å². The number of aromatic nitrogens is 1. The summed E-state index contributed by atoms with van der Waals surface area (Å²) in [6.45, 7) is 3.71. The molecule has 2 heterocycles. The van der Waals surface area contributed by atoms with E-state index in [-0.39, 0.29) is 0 Å². The number of carbonyl (C=O) groups excluding carboxylic acids is 1. The SMILES string of the molecule is Cc1noc(C)c1-c1c(Br)csc1C=O. The quantitative estimate of drug-likeness (QED) is 0.792. The molecule has 0 aliphatic rings. The molecule has 0 bridgehead atoms. The van der Waals surface area contributed by atoms with Crippen LogP contribution in [0.15, 0.2) is 14.4 Å². The molecule has 0 atom stereocenters. The van der Waals surface area contributed by atoms with E-state index in [2.05, 4.69) is 21.1 Å². The molecule has 0 saturated carbocycles. The van der Waals surface area contributed by atoms with Crippen LogP contribution in [0.2, 0.25) is 0 Å². The number of aldehydes is 1. The van der Waals surface area contributed by atoms with Gasteiger partial charge in [0.2, 0.25) is 0 Å². The topological polar surface area (TPSA) is 43.1 Å². The second kappa shape index (κ2) is 3.90. The Morgan fingerprint density at radius 3 is 2.73 bits per heavy atom. The third-order valence-electron chi connectivity index (χ3n) is 2.16. The molecule has 2 aromatic heterocycles. The van der Waals surface area contributed by atoms with Crippen molar-refractivity contribution in [2.24, 2.45) is 0 Å². The normalized spacial score (nSPS) is 10.6. The standard InChI is InChI=1S/C10H8BrNO2S/c1-5-9(6(2)14-12-5)10-7(11)4-15-8(10)3-13/h3-4H,1-2H3. The lowest BCUT2D eigenvalue weighted by Gasteiger charge is -1.99. The molecule has 0 N–H and O–H groups in total. The largest absolute Gasteiger partial charge is 0.361 e. The highest BCUT2D eigenvalue weighted by atomic mass is 79.9. The van der Waals surface area contributed by atoms with Crippen molar-refractivity contribution < 1.29 is 9.32 Å². The molecule has 0 unspecified atom stereocenters. The van der Waals surface area contributed by atoms with Crippen LogP contribution in [0.5, 0.6) is 0 Å². The highest BCUT2D eigenvalue weighted by Gasteiger charge is 2.19. The average Bonchev–Trinajstić information content (AvgIpc) is 2.71. The first-order chi connectivity index (χ1) is 7.15. The Bertz CT molecular complexity index is 496. The Morgan fingerprint density at radius 1 is 1.47 bits per heavy atom. The fourth-order valence-electron chi connectivity index (χ4n) is 1.52. The molecule has 0 amide bonds. The van der Waals surface area contributed by atoms with Crippen LogP contribution >= 0.6 is 27.3 Å². The van der Waals surface area contributed by atoms with Crippen LogP contribution in [0, 0.1) is 13.8 Å². The zero-order chi connectivity index (χ0) is 11.0. The van der Waals surface area contributed by atoms with E-state index in [4.69, 9.17) is 4.52 Å². The summed E-state index contributed by atoms with van der Waals surface area (Å²) in [6, 6.07) is 0. The molecule has 0 aliphatic carbocycles. The van der Waals surface area contributed by atoms with Crippen LogP contribution in [0.1, 0.15) is 21.1 Å². The van der Waals surface area contributed by atoms with Crippen molar-refractivity contribution in [3.8, 4) is 11.1 Å². The van der Waals surface area contributed by atoms with Crippen molar-refractivity contribution in [1.29, 1.82) is 0 Å². The maximum Gasteiger partial charge on any atom is 0.160 e. The summed E-state index contributed by atoms with van der Waals surface area (Å²) in [5, 5.41) is 5.78. The highest BCUT2D eigenvalue weighted by molar-refractivity contribution is 9.10. The number of halogens is 1. The van der Waals surface area contributed by atoms with Gasteiger partial charge in [0.1, 0.15) is 5.76 Å². The molecule has 5 heteroatoms. The highest BCUT2D eigenvalue weighted by Crippen LogP contribution is 2.38. The molecule has 78 valence electrons. The van der Waals surface area contributed by atoms with E-state index in [1.54, 1.807) is 0 Å². The summed E-state index contributed by atoms with van der Waals surface area (Å²) in [5.41, 5.74) is 2.59. The van der Waals surface area contributed by atoms with E-state index in [1.165, 1.54) is 11.3 Å². The number of rotatable bonds is 2. The van der Waals surface area contributed by atoms with Gasteiger partial charge in [0.25, 0.3) is 0 Å². The van der Waals surface area contributed by atoms with Crippen LogP contribution < -0.4 is 0 Å². The number of aryl methyl sites for hydroxylation is 2. The Balaban J connectivity index is 2.72. The minimum atomic E-state index is 0.691. The minimum Gasteiger partial charge on any atom is -0.361 e. The van der Waals surface area contributed by atoms with E-state index in [9.17, 15) is 4.79 Å². The van der Waals surface area contributed by atoms with Gasteiger partial charge in [-0.2, -0.15) is 0 Å². The van der Waals surface area contributed by atoms with Gasteiger partial charge in [-0.25, -0.2) is 0 Å². The lowest BCUT2D eigenvalue weighted by molar-refractivity contribution is 0.112. The lowest BCUT2D eigenvalue weighted by Crippen LogP contribution is -1.85. The van der Waals surface area contributed by atoms with Gasteiger partial charge in [0.15, 0.2) is 6.29 Å². The van der Waals surface area contributed by atoms with Gasteiger partial charge in [-0.3, -0.25) is 4.79 Å². The molecule has 0 radical (unpaired) electrons. The lowest BCUT2D eigenvalue weighted by atomic mass is 10.1. The number of nitrogens with zero attached hydrogens (tertiary/aromatic N) is 1. The summed E-state index contributed by atoms with van der Waals surface area (Å²) in [4.78, 5) is 11.6. The second-order valence-corrected chi connectivity index (χ2v) is 4.91. The molecule has 15 heavy (non-hydrogen) atoms. The average molecular weight is 286 g/mol. The van der Waals surface area contributed by atoms with Crippen molar-refractivity contribution in [3.05, 3.63) is 26.2 Å². The molecular formula is C10H8BrNO2S. The Morgan fingerprint density at radius 2 is 2.20 bits per heavy atom. The summed E-state index contributed by atoms with van der Waals surface area (Å²) in [5.74, 6) is 0.731. The third kappa shape index (κ3) is 1.66. The molecule has 0 saturated heterocycles. The molecule has 2 aromatic rings. The maximum atomic E-state index is 10.9. The van der Waals surface area contributed by atoms with E-state index >= 15 is 0 Å². The number of carbonyl (C=O) groups is 1. The van der Waals surface area contributed by atoms with E-state index in [0.29, 0.717) is 4.88 Å². The van der Waals surface area contributed by atoms with Gasteiger partial charge in [-0.15, -0.1) is 11.3 Å². The van der Waals surface area contributed by atoms with Crippen LogP contribution in [-0.4, -0.2) is 11.4 Å². The predicted octanol–water partition coefficient (Wildman–Crippen LogP) is 3.59. The van der Waals surface area contributed by atoms with Gasteiger partial charge in [0.05, 0.1) is 10.6 Å². The van der Waals surface area contributed by atoms with E-state index < -0.39 is 0 Å². The Labute approximate surface area is 99.2 Å². The van der Waals surface area contributed by atoms with Crippen molar-refractivity contribution in [2.75, 3.05) is 0 Å². The van der Waals surface area contributed by atoms with Crippen LogP contribution in [0.4, 0.5) is 0 Å². The zero-order valence-corrected chi connectivity index (χ0v) is 10.6. The summed E-state index contributed by atoms with van der Waals surface area (Å²) < 4.78 is 6.00. The van der Waals surface area contributed by atoms with Gasteiger partial charge in [-0.05, 0) is 29.8 Å². The van der Waals surface area contributed by atoms with Crippen molar-refractivity contribution in [3.63, 3.8) is 0 Å². The minimum absolute atomic E-state index is 0.691. The van der Waals surface area contributed by atoms with Crippen molar-refractivity contribution in [2.45, 2.75) is 13.8 Å². The number of hydrogen-bond donors (Lipinski definition) is 0. The van der Waals surface area contributed by atoms with E-state index in [0.717, 1.165) is 33.3 Å². The van der Waals surface area contributed by atoms with Gasteiger partial charge in [0, 0.05) is 21.0 Å². The Hall–Kier alpha value is -0.940. The van der Waals surface area contributed by atoms with Crippen LogP contribution in [0.3, 0.4) is 0 Å². The number of hydrogen-bond acceptors (Lipinski definition) is 4. The smallest absolute Gasteiger partial charge is 0.160 e. The monoisotopic (exact) mass is 285 g/mol. The number of thiophene rings is 1. The van der Waals surface area contributed by atoms with Gasteiger partial charge in [-0.1, -0.05) is 5.16 Å². The fraction of sp³-hybridized carbons (Fsp3) is 0.200. The Kier molecular flexibility index (Phi) is 2.75. The zero-order valence-electron chi connectivity index (χ0n) is 8.20. The van der Waals surface area contributed by atoms with Gasteiger partial charge < -0.3 is 4.52 Å². The van der Waals surface area contributed by atoms with Crippen molar-refractivity contribution >= 4 is 33.6 Å². The molecule has 2 rings (SSSR count). The van der Waals surface area contributed by atoms with Crippen molar-refractivity contribution in [1.82, 2.24) is 5.16 Å². The van der Waals surface area contributed by atoms with Crippen LogP contribution in [0.25, 0.3) is 11.1 Å². The molecular weight excluding hydrogens is 278 g/mol. The molecule has 0 aromatic carbocycles. The summed E-state index contributed by atoms with van der Waals surface area (Å²) in [6.07, 6.45) is 0.858. The van der Waals surface area contributed by atoms with E-state index in [1.807, 2.05) is 19.2 Å². The first kappa shape index (κ1) is 10.6. The molecule has 0 fully saturated rings. The van der Waals surface area contributed by atoms with Crippen LogP contribution in [-0.2, 0) is 0 Å². The molecule has 3 nitrogen and oxygen atoms in total. The third-order valence-corrected chi connectivity index (χ3v) is 4.00. The second-order valence-electron chi connectivity index (χ2n) is 3.14. The fourth-order valence-corrected chi connectivity index (χ4v) is 3.08. The molecule has 0 aliphatic heterocycles. The predicted molar refractivity (Wildman–Crippen MR) is 62.4 cm³/mol.